The summed E-state index contributed by atoms with van der Waals surface area (Å²) in [7, 11) is 0. The van der Waals surface area contributed by atoms with Crippen LogP contribution in [0.4, 0.5) is 5.69 Å². The fourth-order valence-electron chi connectivity index (χ4n) is 3.00. The molecule has 1 aliphatic rings. The summed E-state index contributed by atoms with van der Waals surface area (Å²) in [5.41, 5.74) is 0.404. The third-order valence-corrected chi connectivity index (χ3v) is 6.15. The lowest BCUT2D eigenvalue weighted by molar-refractivity contribution is -0.119. The number of carbonyl (C=O) groups excluding carboxylic acids is 2. The topological polar surface area (TPSA) is 62.3 Å². The van der Waals surface area contributed by atoms with Gasteiger partial charge in [0.1, 0.15) is 10.9 Å². The molecule has 1 N–H and O–H groups in total. The molecular formula is C19H21Cl2N3O2S. The average molecular weight is 426 g/mol. The van der Waals surface area contributed by atoms with E-state index in [1.807, 2.05) is 0 Å². The Labute approximate surface area is 172 Å². The van der Waals surface area contributed by atoms with E-state index >= 15 is 0 Å². The molecule has 0 aliphatic carbocycles. The molecule has 0 saturated carbocycles. The van der Waals surface area contributed by atoms with Crippen LogP contribution in [0.5, 0.6) is 0 Å². The first-order chi connectivity index (χ1) is 12.6. The van der Waals surface area contributed by atoms with Crippen LogP contribution < -0.4 is 5.32 Å². The first-order valence-corrected chi connectivity index (χ1v) is 10.3. The largest absolute Gasteiger partial charge is 0.326 e. The molecule has 5 nitrogen and oxygen atoms in total. The normalized spacial score (nSPS) is 17.2. The number of benzene rings is 1. The summed E-state index contributed by atoms with van der Waals surface area (Å²) in [6.45, 7) is 6.73. The molecular weight excluding hydrogens is 405 g/mol. The van der Waals surface area contributed by atoms with Gasteiger partial charge in [0.25, 0.3) is 5.91 Å². The molecule has 1 saturated heterocycles. The van der Waals surface area contributed by atoms with E-state index in [1.165, 1.54) is 11.3 Å². The molecule has 144 valence electrons. The third kappa shape index (κ3) is 4.62. The van der Waals surface area contributed by atoms with Crippen LogP contribution in [0.1, 0.15) is 48.3 Å². The smallest absolute Gasteiger partial charge is 0.266 e. The maximum Gasteiger partial charge on any atom is 0.266 e. The van der Waals surface area contributed by atoms with Crippen molar-refractivity contribution in [2.75, 3.05) is 11.9 Å². The average Bonchev–Trinajstić information content (AvgIpc) is 3.22. The predicted molar refractivity (Wildman–Crippen MR) is 110 cm³/mol. The lowest BCUT2D eigenvalue weighted by Crippen LogP contribution is -2.43. The third-order valence-electron chi connectivity index (χ3n) is 4.30. The Kier molecular flexibility index (Phi) is 5.79. The van der Waals surface area contributed by atoms with Gasteiger partial charge in [0.05, 0.1) is 11.2 Å². The van der Waals surface area contributed by atoms with E-state index in [-0.39, 0.29) is 17.2 Å². The molecule has 1 atom stereocenters. The Morgan fingerprint density at radius 2 is 1.89 bits per heavy atom. The SMILES string of the molecule is CC(C)(C)c1ncc(C(=O)N2CCCC2C(=O)Nc2cc(Cl)cc(Cl)c2)s1. The highest BCUT2D eigenvalue weighted by molar-refractivity contribution is 7.13. The number of rotatable bonds is 3. The number of halogens is 2. The number of amides is 2. The van der Waals surface area contributed by atoms with Gasteiger partial charge in [-0.05, 0) is 31.0 Å². The maximum absolute atomic E-state index is 12.9. The van der Waals surface area contributed by atoms with Gasteiger partial charge in [0, 0.05) is 27.7 Å². The highest BCUT2D eigenvalue weighted by atomic mass is 35.5. The summed E-state index contributed by atoms with van der Waals surface area (Å²) in [5.74, 6) is -0.385. The number of hydrogen-bond acceptors (Lipinski definition) is 4. The molecule has 0 bridgehead atoms. The molecule has 8 heteroatoms. The van der Waals surface area contributed by atoms with Crippen LogP contribution >= 0.6 is 34.5 Å². The lowest BCUT2D eigenvalue weighted by atomic mass is 9.98. The van der Waals surface area contributed by atoms with Crippen molar-refractivity contribution in [3.05, 3.63) is 44.3 Å². The maximum atomic E-state index is 12.9. The Balaban J connectivity index is 1.75. The minimum absolute atomic E-state index is 0.114. The van der Waals surface area contributed by atoms with Gasteiger partial charge in [-0.25, -0.2) is 4.98 Å². The molecule has 1 aromatic heterocycles. The lowest BCUT2D eigenvalue weighted by Gasteiger charge is -2.23. The minimum atomic E-state index is -0.518. The van der Waals surface area contributed by atoms with Crippen molar-refractivity contribution in [1.29, 1.82) is 0 Å². The molecule has 2 aromatic rings. The summed E-state index contributed by atoms with van der Waals surface area (Å²) in [6.07, 6.45) is 3.01. The van der Waals surface area contributed by atoms with Gasteiger partial charge in [-0.1, -0.05) is 44.0 Å². The molecule has 27 heavy (non-hydrogen) atoms. The number of carbonyl (C=O) groups is 2. The monoisotopic (exact) mass is 425 g/mol. The molecule has 0 radical (unpaired) electrons. The van der Waals surface area contributed by atoms with Crippen LogP contribution in [0.3, 0.4) is 0 Å². The number of thiazole rings is 1. The van der Waals surface area contributed by atoms with E-state index in [9.17, 15) is 9.59 Å². The standard InChI is InChI=1S/C19H21Cl2N3O2S/c1-19(2,3)18-22-10-15(27-18)17(26)24-6-4-5-14(24)16(25)23-13-8-11(20)7-12(21)9-13/h7-10,14H,4-6H2,1-3H3,(H,23,25). The zero-order chi connectivity index (χ0) is 19.8. The van der Waals surface area contributed by atoms with Gasteiger partial charge in [0.15, 0.2) is 0 Å². The van der Waals surface area contributed by atoms with Crippen molar-refractivity contribution >= 4 is 52.0 Å². The molecule has 2 heterocycles. The van der Waals surface area contributed by atoms with Gasteiger partial charge in [-0.3, -0.25) is 9.59 Å². The van der Waals surface area contributed by atoms with Crippen molar-refractivity contribution in [2.24, 2.45) is 0 Å². The van der Waals surface area contributed by atoms with Gasteiger partial charge in [0.2, 0.25) is 5.91 Å². The second-order valence-corrected chi connectivity index (χ2v) is 9.49. The number of likely N-dealkylation sites (tertiary alicyclic amines) is 1. The van der Waals surface area contributed by atoms with Gasteiger partial charge < -0.3 is 10.2 Å². The van der Waals surface area contributed by atoms with E-state index in [0.29, 0.717) is 33.6 Å². The molecule has 2 amide bonds. The number of aromatic nitrogens is 1. The van der Waals surface area contributed by atoms with E-state index in [1.54, 1.807) is 29.3 Å². The number of nitrogens with zero attached hydrogens (tertiary/aromatic N) is 2. The van der Waals surface area contributed by atoms with Crippen LogP contribution in [-0.2, 0) is 10.2 Å². The summed E-state index contributed by atoms with van der Waals surface area (Å²) in [5, 5.41) is 4.60. The zero-order valence-corrected chi connectivity index (χ0v) is 17.7. The Hall–Kier alpha value is -1.63. The van der Waals surface area contributed by atoms with Crippen LogP contribution in [0, 0.1) is 0 Å². The highest BCUT2D eigenvalue weighted by Gasteiger charge is 2.35. The van der Waals surface area contributed by atoms with Crippen LogP contribution in [0.2, 0.25) is 10.0 Å². The van der Waals surface area contributed by atoms with Crippen LogP contribution in [-0.4, -0.2) is 34.3 Å². The molecule has 1 aliphatic heterocycles. The van der Waals surface area contributed by atoms with Crippen molar-refractivity contribution in [1.82, 2.24) is 9.88 Å². The van der Waals surface area contributed by atoms with Crippen molar-refractivity contribution < 1.29 is 9.59 Å². The molecule has 1 aromatic carbocycles. The van der Waals surface area contributed by atoms with Crippen molar-refractivity contribution in [3.8, 4) is 0 Å². The molecule has 3 rings (SSSR count). The first kappa shape index (κ1) is 20.1. The fraction of sp³-hybridized carbons (Fsp3) is 0.421. The van der Waals surface area contributed by atoms with Gasteiger partial charge in [-0.2, -0.15) is 0 Å². The summed E-state index contributed by atoms with van der Waals surface area (Å²) in [6, 6.07) is 4.34. The number of nitrogens with one attached hydrogen (secondary N) is 1. The molecule has 1 unspecified atom stereocenters. The van der Waals surface area contributed by atoms with Gasteiger partial charge in [-0.15, -0.1) is 11.3 Å². The number of hydrogen-bond donors (Lipinski definition) is 1. The van der Waals surface area contributed by atoms with Crippen molar-refractivity contribution in [2.45, 2.75) is 45.1 Å². The zero-order valence-electron chi connectivity index (χ0n) is 15.4. The van der Waals surface area contributed by atoms with E-state index in [2.05, 4.69) is 31.1 Å². The molecule has 0 spiro atoms. The van der Waals surface area contributed by atoms with Crippen LogP contribution in [0.25, 0.3) is 0 Å². The summed E-state index contributed by atoms with van der Waals surface area (Å²) < 4.78 is 0. The van der Waals surface area contributed by atoms with E-state index in [0.717, 1.165) is 11.4 Å². The van der Waals surface area contributed by atoms with E-state index in [4.69, 9.17) is 23.2 Å². The van der Waals surface area contributed by atoms with Gasteiger partial charge >= 0.3 is 0 Å². The second kappa shape index (κ2) is 7.78. The van der Waals surface area contributed by atoms with Crippen molar-refractivity contribution in [3.63, 3.8) is 0 Å². The summed E-state index contributed by atoms with van der Waals surface area (Å²) >= 11 is 13.4. The predicted octanol–water partition coefficient (Wildman–Crippen LogP) is 4.99. The quantitative estimate of drug-likeness (QED) is 0.752. The fourth-order valence-corrected chi connectivity index (χ4v) is 4.45. The summed E-state index contributed by atoms with van der Waals surface area (Å²) in [4.78, 5) is 32.2. The van der Waals surface area contributed by atoms with Crippen LogP contribution in [0.15, 0.2) is 24.4 Å². The molecule has 1 fully saturated rings. The minimum Gasteiger partial charge on any atom is -0.326 e. The number of anilines is 1. The Morgan fingerprint density at radius 1 is 1.22 bits per heavy atom. The first-order valence-electron chi connectivity index (χ1n) is 8.69. The second-order valence-electron chi connectivity index (χ2n) is 7.58. The Bertz CT molecular complexity index is 856. The van der Waals surface area contributed by atoms with E-state index < -0.39 is 6.04 Å². The highest BCUT2D eigenvalue weighted by Crippen LogP contribution is 2.30. The Morgan fingerprint density at radius 3 is 2.48 bits per heavy atom.